The molecular weight excluding hydrogens is 723 g/mol. The van der Waals surface area contributed by atoms with Crippen LogP contribution in [0.4, 0.5) is 24.5 Å². The van der Waals surface area contributed by atoms with Gasteiger partial charge in [-0.05, 0) is 99.8 Å². The number of aryl methyl sites for hydroxylation is 3. The zero-order chi connectivity index (χ0) is 40.4. The third-order valence-electron chi connectivity index (χ3n) is 8.64. The van der Waals surface area contributed by atoms with Gasteiger partial charge in [0.1, 0.15) is 0 Å². The largest absolute Gasteiger partial charge is 0.416 e. The van der Waals surface area contributed by atoms with Gasteiger partial charge in [-0.25, -0.2) is 19.2 Å². The number of halogens is 3. The standard InChI is InChI=1S/C20H22F3N3O.C20H18O8/c1-12-4-9-15(11-17(12)20(21,22)23)26-19(27)16-3-2-10-25-18(16)13-5-7-14(24)8-6-13;1-11-3-7-13(8-4-11)17(23)27-19(25)15(21)16(22)20(26)28-18(24)14-9-5-12(2)6-10-14/h4-9,11,16,18,25H,2-3,10,24H2,1H3,(H,26,27);3-10,15-16,21-22H,1-2H3/t16-,18-;15-,16-/m01/s1. The van der Waals surface area contributed by atoms with Gasteiger partial charge >= 0.3 is 30.1 Å². The van der Waals surface area contributed by atoms with Gasteiger partial charge in [-0.3, -0.25) is 4.79 Å². The van der Waals surface area contributed by atoms with E-state index in [4.69, 9.17) is 5.73 Å². The molecule has 0 aromatic heterocycles. The first-order valence-corrected chi connectivity index (χ1v) is 17.0. The van der Waals surface area contributed by atoms with Crippen LogP contribution in [0.1, 0.15) is 67.4 Å². The number of carbonyl (C=O) groups excluding carboxylic acids is 5. The van der Waals surface area contributed by atoms with Crippen molar-refractivity contribution in [1.29, 1.82) is 0 Å². The molecule has 1 amide bonds. The Morgan fingerprint density at radius 2 is 1.25 bits per heavy atom. The molecule has 0 unspecified atom stereocenters. The quantitative estimate of drug-likeness (QED) is 0.0880. The van der Waals surface area contributed by atoms with Crippen molar-refractivity contribution in [2.75, 3.05) is 17.6 Å². The minimum atomic E-state index is -4.45. The second-order valence-electron chi connectivity index (χ2n) is 12.9. The fourth-order valence-electron chi connectivity index (χ4n) is 5.52. The lowest BCUT2D eigenvalue weighted by atomic mass is 9.85. The third kappa shape index (κ3) is 11.5. The molecule has 6 N–H and O–H groups in total. The highest BCUT2D eigenvalue weighted by atomic mass is 19.4. The van der Waals surface area contributed by atoms with Gasteiger partial charge < -0.3 is 36.1 Å². The van der Waals surface area contributed by atoms with E-state index in [1.807, 2.05) is 12.1 Å². The maximum atomic E-state index is 13.1. The Hall–Kier alpha value is -5.90. The lowest BCUT2D eigenvalue weighted by Crippen LogP contribution is -2.43. The highest BCUT2D eigenvalue weighted by Crippen LogP contribution is 2.35. The molecule has 4 aromatic carbocycles. The molecule has 1 aliphatic heterocycles. The summed E-state index contributed by atoms with van der Waals surface area (Å²) < 4.78 is 48.2. The molecule has 0 bridgehead atoms. The SMILES string of the molecule is Cc1ccc(C(=O)OC(=O)[C@H](O)[C@@H](O)C(=O)OC(=O)c2ccc(C)cc2)cc1.Cc1ccc(NC(=O)[C@H]2CCCN[C@H]2c2ccc(N)cc2)cc1C(F)(F)F. The number of aliphatic hydroxyl groups is 2. The molecule has 0 spiro atoms. The van der Waals surface area contributed by atoms with E-state index in [1.54, 1.807) is 50.2 Å². The molecule has 0 aliphatic carbocycles. The lowest BCUT2D eigenvalue weighted by molar-refractivity contribution is -0.166. The minimum absolute atomic E-state index is 0.0396. The van der Waals surface area contributed by atoms with Crippen LogP contribution in [-0.2, 0) is 30.0 Å². The predicted octanol–water partition coefficient (Wildman–Crippen LogP) is 5.37. The lowest BCUT2D eigenvalue weighted by Gasteiger charge is -2.32. The predicted molar refractivity (Wildman–Crippen MR) is 194 cm³/mol. The van der Waals surface area contributed by atoms with Crippen LogP contribution in [0.3, 0.4) is 0 Å². The van der Waals surface area contributed by atoms with Crippen molar-refractivity contribution in [1.82, 2.24) is 5.32 Å². The Labute approximate surface area is 314 Å². The highest BCUT2D eigenvalue weighted by Gasteiger charge is 2.36. The molecule has 0 radical (unpaired) electrons. The van der Waals surface area contributed by atoms with E-state index >= 15 is 0 Å². The average molecular weight is 764 g/mol. The van der Waals surface area contributed by atoms with Crippen molar-refractivity contribution in [2.45, 2.75) is 58.0 Å². The summed E-state index contributed by atoms with van der Waals surface area (Å²) in [4.78, 5) is 60.1. The molecule has 55 heavy (non-hydrogen) atoms. The number of benzene rings is 4. The molecular formula is C40H40F3N3O9. The summed E-state index contributed by atoms with van der Waals surface area (Å²) in [5, 5.41) is 25.4. The number of esters is 4. The molecule has 1 fully saturated rings. The summed E-state index contributed by atoms with van der Waals surface area (Å²) in [6.45, 7) is 5.77. The fourth-order valence-corrected chi connectivity index (χ4v) is 5.52. The summed E-state index contributed by atoms with van der Waals surface area (Å²) in [5.41, 5.74) is 8.66. The van der Waals surface area contributed by atoms with Crippen LogP contribution < -0.4 is 16.4 Å². The summed E-state index contributed by atoms with van der Waals surface area (Å²) in [5.74, 6) is -5.92. The van der Waals surface area contributed by atoms with Crippen molar-refractivity contribution in [3.63, 3.8) is 0 Å². The molecule has 4 aromatic rings. The Balaban J connectivity index is 0.000000245. The zero-order valence-corrected chi connectivity index (χ0v) is 30.1. The van der Waals surface area contributed by atoms with Crippen molar-refractivity contribution in [3.05, 3.63) is 130 Å². The molecule has 12 nitrogen and oxygen atoms in total. The number of ether oxygens (including phenoxy) is 2. The van der Waals surface area contributed by atoms with E-state index in [9.17, 15) is 47.4 Å². The summed E-state index contributed by atoms with van der Waals surface area (Å²) in [7, 11) is 0. The number of aliphatic hydroxyl groups excluding tert-OH is 2. The first-order chi connectivity index (χ1) is 25.9. The van der Waals surface area contributed by atoms with Crippen LogP contribution in [0.25, 0.3) is 0 Å². The molecule has 290 valence electrons. The number of nitrogens with two attached hydrogens (primary N) is 1. The van der Waals surface area contributed by atoms with Crippen molar-refractivity contribution in [3.8, 4) is 0 Å². The molecule has 15 heteroatoms. The average Bonchev–Trinajstić information content (AvgIpc) is 3.15. The molecule has 5 rings (SSSR count). The zero-order valence-electron chi connectivity index (χ0n) is 30.1. The number of nitrogen functional groups attached to an aromatic ring is 1. The Morgan fingerprint density at radius 3 is 1.73 bits per heavy atom. The monoisotopic (exact) mass is 763 g/mol. The molecule has 1 heterocycles. The van der Waals surface area contributed by atoms with Gasteiger partial charge in [0.2, 0.25) is 5.91 Å². The van der Waals surface area contributed by atoms with Crippen molar-refractivity contribution >= 4 is 41.2 Å². The van der Waals surface area contributed by atoms with Crippen LogP contribution in [-0.4, -0.2) is 58.8 Å². The Kier molecular flexibility index (Phi) is 14.0. The number of hydrogen-bond donors (Lipinski definition) is 5. The van der Waals surface area contributed by atoms with Gasteiger partial charge in [0, 0.05) is 17.4 Å². The van der Waals surface area contributed by atoms with Crippen LogP contribution in [0.15, 0.2) is 91.0 Å². The first-order valence-electron chi connectivity index (χ1n) is 17.0. The number of nitrogens with one attached hydrogen (secondary N) is 2. The van der Waals surface area contributed by atoms with E-state index in [-0.39, 0.29) is 40.2 Å². The summed E-state index contributed by atoms with van der Waals surface area (Å²) in [6.07, 6.45) is -7.79. The van der Waals surface area contributed by atoms with E-state index in [1.165, 1.54) is 43.3 Å². The van der Waals surface area contributed by atoms with E-state index in [0.717, 1.165) is 35.7 Å². The fraction of sp³-hybridized carbons (Fsp3) is 0.275. The third-order valence-corrected chi connectivity index (χ3v) is 8.64. The Morgan fingerprint density at radius 1 is 0.764 bits per heavy atom. The van der Waals surface area contributed by atoms with Crippen molar-refractivity contribution < 1.29 is 56.8 Å². The summed E-state index contributed by atoms with van der Waals surface area (Å²) >= 11 is 0. The second kappa shape index (κ2) is 18.4. The van der Waals surface area contributed by atoms with Crippen LogP contribution >= 0.6 is 0 Å². The van der Waals surface area contributed by atoms with Gasteiger partial charge in [-0.15, -0.1) is 0 Å². The number of rotatable bonds is 8. The Bertz CT molecular complexity index is 1930. The number of alkyl halides is 3. The molecule has 0 saturated carbocycles. The van der Waals surface area contributed by atoms with Crippen LogP contribution in [0, 0.1) is 26.7 Å². The summed E-state index contributed by atoms with van der Waals surface area (Å²) in [6, 6.07) is 23.0. The van der Waals surface area contributed by atoms with Gasteiger partial charge in [0.25, 0.3) is 0 Å². The van der Waals surface area contributed by atoms with Crippen LogP contribution in [0.5, 0.6) is 0 Å². The van der Waals surface area contributed by atoms with E-state index in [0.29, 0.717) is 12.1 Å². The van der Waals surface area contributed by atoms with Gasteiger partial charge in [-0.2, -0.15) is 13.2 Å². The number of hydrogen-bond acceptors (Lipinski definition) is 11. The number of amides is 1. The maximum absolute atomic E-state index is 13.1. The smallest absolute Gasteiger partial charge is 0.399 e. The van der Waals surface area contributed by atoms with Crippen molar-refractivity contribution in [2.24, 2.45) is 5.92 Å². The number of anilines is 2. The van der Waals surface area contributed by atoms with E-state index in [2.05, 4.69) is 20.1 Å². The van der Waals surface area contributed by atoms with Gasteiger partial charge in [0.05, 0.1) is 22.6 Å². The maximum Gasteiger partial charge on any atom is 0.416 e. The molecule has 4 atom stereocenters. The minimum Gasteiger partial charge on any atom is -0.399 e. The number of piperidine rings is 1. The van der Waals surface area contributed by atoms with Gasteiger partial charge in [0.15, 0.2) is 12.2 Å². The molecule has 1 aliphatic rings. The topological polar surface area (TPSA) is 194 Å². The highest BCUT2D eigenvalue weighted by molar-refractivity contribution is 6.01. The second-order valence-corrected chi connectivity index (χ2v) is 12.9. The number of carbonyl (C=O) groups is 5. The van der Waals surface area contributed by atoms with Crippen LogP contribution in [0.2, 0.25) is 0 Å². The van der Waals surface area contributed by atoms with Gasteiger partial charge in [-0.1, -0.05) is 53.6 Å². The molecule has 1 saturated heterocycles. The normalized spacial score (nSPS) is 16.4. The first kappa shape index (κ1) is 41.9. The van der Waals surface area contributed by atoms with E-state index < -0.39 is 47.8 Å².